The molecule has 2 N–H and O–H groups in total. The summed E-state index contributed by atoms with van der Waals surface area (Å²) in [6.45, 7) is 4.54. The molecular formula is C14H21NO3. The highest BCUT2D eigenvalue weighted by Gasteiger charge is 2.04. The van der Waals surface area contributed by atoms with Crippen LogP contribution in [0.15, 0.2) is 30.3 Å². The van der Waals surface area contributed by atoms with Gasteiger partial charge in [0.1, 0.15) is 0 Å². The summed E-state index contributed by atoms with van der Waals surface area (Å²) >= 11 is 0. The molecule has 0 aliphatic carbocycles. The third-order valence-electron chi connectivity index (χ3n) is 2.14. The van der Waals surface area contributed by atoms with Crippen molar-refractivity contribution in [1.82, 2.24) is 5.32 Å². The van der Waals surface area contributed by atoms with E-state index >= 15 is 0 Å². The van der Waals surface area contributed by atoms with Crippen molar-refractivity contribution in [2.75, 3.05) is 6.54 Å². The molecule has 1 rings (SSSR count). The molecular weight excluding hydrogens is 230 g/mol. The fourth-order valence-corrected chi connectivity index (χ4v) is 1.30. The van der Waals surface area contributed by atoms with Gasteiger partial charge < -0.3 is 10.4 Å². The van der Waals surface area contributed by atoms with Crippen LogP contribution in [0.4, 0.5) is 0 Å². The Morgan fingerprint density at radius 1 is 1.11 bits per heavy atom. The second kappa shape index (κ2) is 10.3. The molecule has 18 heavy (non-hydrogen) atoms. The second-order valence-corrected chi connectivity index (χ2v) is 3.48. The molecule has 0 saturated carbocycles. The van der Waals surface area contributed by atoms with Crippen molar-refractivity contribution in [2.45, 2.75) is 33.1 Å². The maximum Gasteiger partial charge on any atom is 0.303 e. The van der Waals surface area contributed by atoms with E-state index in [1.807, 2.05) is 44.2 Å². The number of carbonyl (C=O) groups is 2. The molecule has 0 unspecified atom stereocenters. The fraction of sp³-hybridized carbons (Fsp3) is 0.429. The van der Waals surface area contributed by atoms with Crippen molar-refractivity contribution >= 4 is 11.9 Å². The maximum atomic E-state index is 11.2. The van der Waals surface area contributed by atoms with E-state index in [1.54, 1.807) is 0 Å². The fourth-order valence-electron chi connectivity index (χ4n) is 1.30. The standard InChI is InChI=1S/C12H15NO3.C2H6/c14-11(6-7-12(15)16)13-9-8-10-4-2-1-3-5-10;1-2/h1-5H,6-9H2,(H,13,14)(H,15,16);1-2H3. The minimum absolute atomic E-state index is 0.0458. The van der Waals surface area contributed by atoms with Gasteiger partial charge >= 0.3 is 5.97 Å². The molecule has 0 spiro atoms. The average Bonchev–Trinajstić information content (AvgIpc) is 2.40. The molecule has 1 aromatic rings. The number of benzene rings is 1. The van der Waals surface area contributed by atoms with Crippen LogP contribution in [0, 0.1) is 0 Å². The summed E-state index contributed by atoms with van der Waals surface area (Å²) in [5.41, 5.74) is 1.15. The van der Waals surface area contributed by atoms with Gasteiger partial charge in [-0.3, -0.25) is 9.59 Å². The van der Waals surface area contributed by atoms with Crippen molar-refractivity contribution in [3.8, 4) is 0 Å². The summed E-state index contributed by atoms with van der Waals surface area (Å²) in [5.74, 6) is -1.16. The highest BCUT2D eigenvalue weighted by atomic mass is 16.4. The van der Waals surface area contributed by atoms with Gasteiger partial charge in [0.2, 0.25) is 5.91 Å². The second-order valence-electron chi connectivity index (χ2n) is 3.48. The molecule has 100 valence electrons. The number of hydrogen-bond donors (Lipinski definition) is 2. The lowest BCUT2D eigenvalue weighted by molar-refractivity contribution is -0.138. The first kappa shape index (κ1) is 16.2. The lowest BCUT2D eigenvalue weighted by atomic mass is 10.1. The largest absolute Gasteiger partial charge is 0.481 e. The lowest BCUT2D eigenvalue weighted by Crippen LogP contribution is -2.25. The van der Waals surface area contributed by atoms with Crippen LogP contribution in [-0.2, 0) is 16.0 Å². The van der Waals surface area contributed by atoms with Gasteiger partial charge in [0.05, 0.1) is 6.42 Å². The Kier molecular flexibility index (Phi) is 9.27. The van der Waals surface area contributed by atoms with E-state index in [-0.39, 0.29) is 18.7 Å². The molecule has 0 aromatic heterocycles. The average molecular weight is 251 g/mol. The zero-order chi connectivity index (χ0) is 13.8. The molecule has 0 aliphatic heterocycles. The first-order chi connectivity index (χ1) is 8.68. The van der Waals surface area contributed by atoms with E-state index in [9.17, 15) is 9.59 Å². The van der Waals surface area contributed by atoms with Crippen molar-refractivity contribution < 1.29 is 14.7 Å². The predicted octanol–water partition coefficient (Wildman–Crippen LogP) is 2.24. The van der Waals surface area contributed by atoms with Crippen molar-refractivity contribution in [1.29, 1.82) is 0 Å². The SMILES string of the molecule is CC.O=C(O)CCC(=O)NCCc1ccccc1. The van der Waals surface area contributed by atoms with Crippen LogP contribution in [0.1, 0.15) is 32.3 Å². The molecule has 0 heterocycles. The van der Waals surface area contributed by atoms with E-state index in [4.69, 9.17) is 5.11 Å². The molecule has 1 aromatic carbocycles. The molecule has 0 saturated heterocycles. The molecule has 0 bridgehead atoms. The molecule has 4 heteroatoms. The van der Waals surface area contributed by atoms with Gasteiger partial charge in [-0.25, -0.2) is 0 Å². The van der Waals surface area contributed by atoms with Crippen molar-refractivity contribution in [3.63, 3.8) is 0 Å². The summed E-state index contributed by atoms with van der Waals surface area (Å²) in [6, 6.07) is 9.81. The van der Waals surface area contributed by atoms with Crippen molar-refractivity contribution in [2.24, 2.45) is 0 Å². The number of nitrogens with one attached hydrogen (secondary N) is 1. The lowest BCUT2D eigenvalue weighted by Gasteiger charge is -2.04. The summed E-state index contributed by atoms with van der Waals surface area (Å²) < 4.78 is 0. The first-order valence-electron chi connectivity index (χ1n) is 6.21. The zero-order valence-electron chi connectivity index (χ0n) is 11.0. The Bertz CT molecular complexity index is 349. The smallest absolute Gasteiger partial charge is 0.303 e. The van der Waals surface area contributed by atoms with E-state index in [0.717, 1.165) is 12.0 Å². The van der Waals surface area contributed by atoms with Crippen LogP contribution < -0.4 is 5.32 Å². The van der Waals surface area contributed by atoms with Crippen LogP contribution in [0.2, 0.25) is 0 Å². The third-order valence-corrected chi connectivity index (χ3v) is 2.14. The van der Waals surface area contributed by atoms with Crippen LogP contribution >= 0.6 is 0 Å². The van der Waals surface area contributed by atoms with Crippen LogP contribution in [0.5, 0.6) is 0 Å². The van der Waals surface area contributed by atoms with Crippen LogP contribution in [-0.4, -0.2) is 23.5 Å². The highest BCUT2D eigenvalue weighted by Crippen LogP contribution is 1.98. The summed E-state index contributed by atoms with van der Waals surface area (Å²) in [4.78, 5) is 21.4. The molecule has 0 aliphatic rings. The number of carboxylic acid groups (broad SMARTS) is 1. The molecule has 0 fully saturated rings. The Morgan fingerprint density at radius 3 is 2.28 bits per heavy atom. The minimum Gasteiger partial charge on any atom is -0.481 e. The number of rotatable bonds is 6. The predicted molar refractivity (Wildman–Crippen MR) is 71.4 cm³/mol. The van der Waals surface area contributed by atoms with E-state index in [2.05, 4.69) is 5.32 Å². The first-order valence-corrected chi connectivity index (χ1v) is 6.21. The van der Waals surface area contributed by atoms with Crippen molar-refractivity contribution in [3.05, 3.63) is 35.9 Å². The third kappa shape index (κ3) is 8.33. The number of carbonyl (C=O) groups excluding carboxylic acids is 1. The van der Waals surface area contributed by atoms with Gasteiger partial charge in [-0.15, -0.1) is 0 Å². The van der Waals surface area contributed by atoms with Gasteiger partial charge in [0.15, 0.2) is 0 Å². The monoisotopic (exact) mass is 251 g/mol. The van der Waals surface area contributed by atoms with Gasteiger partial charge in [-0.1, -0.05) is 44.2 Å². The summed E-state index contributed by atoms with van der Waals surface area (Å²) in [7, 11) is 0. The minimum atomic E-state index is -0.946. The number of hydrogen-bond acceptors (Lipinski definition) is 2. The molecule has 1 amide bonds. The summed E-state index contributed by atoms with van der Waals surface area (Å²) in [5, 5.41) is 11.1. The number of aliphatic carboxylic acids is 1. The molecule has 0 radical (unpaired) electrons. The van der Waals surface area contributed by atoms with Gasteiger partial charge in [0.25, 0.3) is 0 Å². The Labute approximate surface area is 108 Å². The quantitative estimate of drug-likeness (QED) is 0.814. The Morgan fingerprint density at radius 2 is 1.72 bits per heavy atom. The van der Waals surface area contributed by atoms with Crippen LogP contribution in [0.3, 0.4) is 0 Å². The van der Waals surface area contributed by atoms with E-state index in [0.29, 0.717) is 6.54 Å². The van der Waals surface area contributed by atoms with E-state index in [1.165, 1.54) is 0 Å². The number of carboxylic acids is 1. The zero-order valence-corrected chi connectivity index (χ0v) is 11.0. The Hall–Kier alpha value is -1.84. The molecule has 4 nitrogen and oxygen atoms in total. The summed E-state index contributed by atoms with van der Waals surface area (Å²) in [6.07, 6.45) is 0.695. The Balaban J connectivity index is 0.00000137. The maximum absolute atomic E-state index is 11.2. The van der Waals surface area contributed by atoms with Gasteiger partial charge in [-0.05, 0) is 12.0 Å². The normalized spacial score (nSPS) is 9.00. The highest BCUT2D eigenvalue weighted by molar-refractivity contribution is 5.80. The van der Waals surface area contributed by atoms with Gasteiger partial charge in [0, 0.05) is 13.0 Å². The molecule has 0 atom stereocenters. The van der Waals surface area contributed by atoms with Gasteiger partial charge in [-0.2, -0.15) is 0 Å². The number of amides is 1. The van der Waals surface area contributed by atoms with E-state index < -0.39 is 5.97 Å². The topological polar surface area (TPSA) is 66.4 Å². The van der Waals surface area contributed by atoms with Crippen LogP contribution in [0.25, 0.3) is 0 Å².